The Morgan fingerprint density at radius 2 is 1.96 bits per heavy atom. The molecule has 0 aliphatic heterocycles. The van der Waals surface area contributed by atoms with Crippen molar-refractivity contribution in [1.29, 1.82) is 0 Å². The minimum absolute atomic E-state index is 0.486. The molecule has 4 aromatic rings. The molecule has 0 saturated heterocycles. The Labute approximate surface area is 144 Å². The second-order valence-corrected chi connectivity index (χ2v) is 6.46. The number of aromatic nitrogens is 4. The number of anilines is 1. The molecule has 5 rings (SSSR count). The Morgan fingerprint density at radius 1 is 1.08 bits per heavy atom. The maximum absolute atomic E-state index is 6.24. The number of para-hydroxylation sites is 1. The number of fused-ring (bicyclic) bond motifs is 4. The molecular formula is C20H17N5. The van der Waals surface area contributed by atoms with Gasteiger partial charge >= 0.3 is 0 Å². The van der Waals surface area contributed by atoms with Crippen molar-refractivity contribution in [3.05, 3.63) is 60.7 Å². The lowest BCUT2D eigenvalue weighted by Crippen LogP contribution is -2.06. The average Bonchev–Trinajstić information content (AvgIpc) is 2.99. The number of aryl methyl sites for hydroxylation is 1. The number of nitrogens with zero attached hydrogens (tertiary/aromatic N) is 4. The summed E-state index contributed by atoms with van der Waals surface area (Å²) in [6, 6.07) is 10.2. The number of allylic oxidation sites excluding steroid dienone is 1. The van der Waals surface area contributed by atoms with E-state index in [1.807, 2.05) is 24.4 Å². The fraction of sp³-hybridized carbons (Fsp3) is 0.150. The van der Waals surface area contributed by atoms with Crippen LogP contribution in [0.1, 0.15) is 24.1 Å². The van der Waals surface area contributed by atoms with E-state index in [0.717, 1.165) is 58.2 Å². The van der Waals surface area contributed by atoms with Crippen molar-refractivity contribution in [1.82, 2.24) is 19.5 Å². The van der Waals surface area contributed by atoms with Crippen molar-refractivity contribution in [2.45, 2.75) is 19.3 Å². The molecule has 1 aromatic carbocycles. The van der Waals surface area contributed by atoms with Gasteiger partial charge in [0.25, 0.3) is 0 Å². The number of hydrogen-bond donors (Lipinski definition) is 1. The highest BCUT2D eigenvalue weighted by Gasteiger charge is 2.26. The van der Waals surface area contributed by atoms with Gasteiger partial charge in [0.05, 0.1) is 28.6 Å². The molecule has 1 aliphatic carbocycles. The molecule has 0 amide bonds. The Hall–Kier alpha value is -3.21. The van der Waals surface area contributed by atoms with Crippen LogP contribution in [-0.4, -0.2) is 19.5 Å². The molecule has 0 radical (unpaired) electrons. The van der Waals surface area contributed by atoms with E-state index in [4.69, 9.17) is 5.73 Å². The fourth-order valence-corrected chi connectivity index (χ4v) is 3.84. The standard InChI is InChI=1S/C20H17N5/c1-12-5-4-7-15-17-19(20(21)24-11-23-17)25(18(12)15)14-9-13-6-2-3-8-16(13)22-10-14/h2-3,6,8-11H,1,4-5,7H2,(H2,21,23,24). The van der Waals surface area contributed by atoms with E-state index in [9.17, 15) is 0 Å². The van der Waals surface area contributed by atoms with Crippen molar-refractivity contribution < 1.29 is 0 Å². The highest BCUT2D eigenvalue weighted by atomic mass is 15.1. The summed E-state index contributed by atoms with van der Waals surface area (Å²) in [7, 11) is 0. The SMILES string of the molecule is C=C1CCCc2c1n(-c1cnc3ccccc3c1)c1c(N)ncnc21. The quantitative estimate of drug-likeness (QED) is 0.575. The highest BCUT2D eigenvalue weighted by Crippen LogP contribution is 2.39. The van der Waals surface area contributed by atoms with E-state index >= 15 is 0 Å². The van der Waals surface area contributed by atoms with Gasteiger partial charge in [0, 0.05) is 10.9 Å². The van der Waals surface area contributed by atoms with Crippen molar-refractivity contribution in [3.63, 3.8) is 0 Å². The molecule has 1 aliphatic rings. The van der Waals surface area contributed by atoms with Crippen molar-refractivity contribution in [3.8, 4) is 5.69 Å². The van der Waals surface area contributed by atoms with E-state index < -0.39 is 0 Å². The number of hydrogen-bond acceptors (Lipinski definition) is 4. The maximum Gasteiger partial charge on any atom is 0.151 e. The first-order valence-corrected chi connectivity index (χ1v) is 8.41. The van der Waals surface area contributed by atoms with Crippen LogP contribution in [0.25, 0.3) is 33.2 Å². The van der Waals surface area contributed by atoms with Gasteiger partial charge in [0.1, 0.15) is 11.8 Å². The van der Waals surface area contributed by atoms with Crippen molar-refractivity contribution in [2.75, 3.05) is 5.73 Å². The minimum Gasteiger partial charge on any atom is -0.382 e. The largest absolute Gasteiger partial charge is 0.382 e. The second kappa shape index (κ2) is 5.14. The Morgan fingerprint density at radius 3 is 2.88 bits per heavy atom. The number of pyridine rings is 1. The second-order valence-electron chi connectivity index (χ2n) is 6.46. The van der Waals surface area contributed by atoms with E-state index in [-0.39, 0.29) is 0 Å². The van der Waals surface area contributed by atoms with Crippen LogP contribution in [0.2, 0.25) is 0 Å². The zero-order valence-electron chi connectivity index (χ0n) is 13.7. The number of nitrogens with two attached hydrogens (primary N) is 1. The summed E-state index contributed by atoms with van der Waals surface area (Å²) < 4.78 is 2.14. The van der Waals surface area contributed by atoms with Gasteiger partial charge in [0.2, 0.25) is 0 Å². The smallest absolute Gasteiger partial charge is 0.151 e. The monoisotopic (exact) mass is 327 g/mol. The zero-order chi connectivity index (χ0) is 17.0. The Kier molecular flexibility index (Phi) is 2.91. The van der Waals surface area contributed by atoms with Gasteiger partial charge in [-0.05, 0) is 37.0 Å². The number of rotatable bonds is 1. The summed E-state index contributed by atoms with van der Waals surface area (Å²) >= 11 is 0. The predicted molar refractivity (Wildman–Crippen MR) is 101 cm³/mol. The molecule has 25 heavy (non-hydrogen) atoms. The summed E-state index contributed by atoms with van der Waals surface area (Å²) in [4.78, 5) is 13.4. The van der Waals surface area contributed by atoms with Crippen LogP contribution in [0.5, 0.6) is 0 Å². The third kappa shape index (κ3) is 1.99. The molecule has 5 nitrogen and oxygen atoms in total. The van der Waals surface area contributed by atoms with Gasteiger partial charge in [-0.25, -0.2) is 9.97 Å². The molecule has 0 unspecified atom stereocenters. The van der Waals surface area contributed by atoms with E-state index in [2.05, 4.69) is 38.2 Å². The molecule has 5 heteroatoms. The van der Waals surface area contributed by atoms with E-state index in [0.29, 0.717) is 5.82 Å². The van der Waals surface area contributed by atoms with Gasteiger partial charge in [-0.15, -0.1) is 0 Å². The lowest BCUT2D eigenvalue weighted by Gasteiger charge is -2.18. The number of nitrogen functional groups attached to an aromatic ring is 1. The molecule has 0 saturated carbocycles. The van der Waals surface area contributed by atoms with Crippen LogP contribution >= 0.6 is 0 Å². The highest BCUT2D eigenvalue weighted by molar-refractivity contribution is 5.95. The molecule has 0 bridgehead atoms. The summed E-state index contributed by atoms with van der Waals surface area (Å²) in [6.07, 6.45) is 6.48. The lowest BCUT2D eigenvalue weighted by molar-refractivity contribution is 0.812. The normalized spacial score (nSPS) is 14.2. The molecule has 0 fully saturated rings. The molecule has 3 heterocycles. The van der Waals surface area contributed by atoms with Gasteiger partial charge in [-0.3, -0.25) is 4.98 Å². The summed E-state index contributed by atoms with van der Waals surface area (Å²) in [5.74, 6) is 0.486. The van der Waals surface area contributed by atoms with Gasteiger partial charge in [-0.1, -0.05) is 24.8 Å². The Balaban J connectivity index is 1.91. The van der Waals surface area contributed by atoms with E-state index in [1.54, 1.807) is 0 Å². The van der Waals surface area contributed by atoms with Gasteiger partial charge in [-0.2, -0.15) is 0 Å². The van der Waals surface area contributed by atoms with Crippen LogP contribution in [-0.2, 0) is 6.42 Å². The third-order valence-electron chi connectivity index (χ3n) is 4.94. The fourth-order valence-electron chi connectivity index (χ4n) is 3.84. The van der Waals surface area contributed by atoms with E-state index in [1.165, 1.54) is 11.9 Å². The minimum atomic E-state index is 0.486. The topological polar surface area (TPSA) is 69.6 Å². The third-order valence-corrected chi connectivity index (χ3v) is 4.94. The average molecular weight is 327 g/mol. The number of benzene rings is 1. The van der Waals surface area contributed by atoms with Crippen LogP contribution in [0, 0.1) is 0 Å². The zero-order valence-corrected chi connectivity index (χ0v) is 13.7. The van der Waals surface area contributed by atoms with Crippen LogP contribution in [0.4, 0.5) is 5.82 Å². The first-order valence-electron chi connectivity index (χ1n) is 8.41. The molecule has 3 aromatic heterocycles. The molecular weight excluding hydrogens is 310 g/mol. The van der Waals surface area contributed by atoms with Crippen molar-refractivity contribution in [2.24, 2.45) is 0 Å². The van der Waals surface area contributed by atoms with Crippen LogP contribution in [0.15, 0.2) is 49.4 Å². The molecule has 0 spiro atoms. The summed E-state index contributed by atoms with van der Waals surface area (Å²) in [5.41, 5.74) is 13.4. The van der Waals surface area contributed by atoms with Crippen LogP contribution in [0.3, 0.4) is 0 Å². The first-order chi connectivity index (χ1) is 12.2. The molecule has 0 atom stereocenters. The van der Waals surface area contributed by atoms with Gasteiger partial charge < -0.3 is 10.3 Å². The van der Waals surface area contributed by atoms with Crippen LogP contribution < -0.4 is 5.73 Å². The maximum atomic E-state index is 6.24. The predicted octanol–water partition coefficient (Wildman–Crippen LogP) is 3.90. The molecule has 2 N–H and O–H groups in total. The summed E-state index contributed by atoms with van der Waals surface area (Å²) in [5, 5.41) is 1.09. The summed E-state index contributed by atoms with van der Waals surface area (Å²) in [6.45, 7) is 4.30. The molecule has 122 valence electrons. The van der Waals surface area contributed by atoms with Gasteiger partial charge in [0.15, 0.2) is 5.82 Å². The first kappa shape index (κ1) is 14.2. The lowest BCUT2D eigenvalue weighted by atomic mass is 9.93. The van der Waals surface area contributed by atoms with Crippen molar-refractivity contribution >= 4 is 33.3 Å². The Bertz CT molecular complexity index is 1160.